The monoisotopic (exact) mass is 292 g/mol. The van der Waals surface area contributed by atoms with Gasteiger partial charge in [0.1, 0.15) is 0 Å². The van der Waals surface area contributed by atoms with Crippen LogP contribution in [0.3, 0.4) is 0 Å². The normalized spacial score (nSPS) is 11.0. The largest absolute Gasteiger partial charge is 0.0984 e. The third kappa shape index (κ3) is 20.9. The molecule has 0 aliphatic carbocycles. The fraction of sp³-hybridized carbons (Fsp3) is 0.429. The summed E-state index contributed by atoms with van der Waals surface area (Å²) < 4.78 is 0. The van der Waals surface area contributed by atoms with Crippen molar-refractivity contribution in [2.45, 2.75) is 63.3 Å². The molecular weight excluding hydrogens is 252 g/mol. The van der Waals surface area contributed by atoms with Crippen LogP contribution in [0.2, 0.25) is 0 Å². The second-order valence-electron chi connectivity index (χ2n) is 3.00. The molecule has 0 heteroatoms. The Morgan fingerprint density at radius 3 is 1.33 bits per heavy atom. The summed E-state index contributed by atoms with van der Waals surface area (Å²) in [6, 6.07) is 0. The first kappa shape index (κ1) is 31.7. The molecule has 0 rings (SSSR count). The Kier molecular flexibility index (Phi) is 46.9. The first-order valence-corrected chi connectivity index (χ1v) is 7.21. The highest BCUT2D eigenvalue weighted by Crippen LogP contribution is 2.13. The predicted molar refractivity (Wildman–Crippen MR) is 107 cm³/mol. The average molecular weight is 293 g/mol. The van der Waals surface area contributed by atoms with E-state index >= 15 is 0 Å². The van der Waals surface area contributed by atoms with Gasteiger partial charge < -0.3 is 0 Å². The molecule has 0 nitrogen and oxygen atoms in total. The first-order valence-electron chi connectivity index (χ1n) is 7.21. The molecule has 0 spiro atoms. The van der Waals surface area contributed by atoms with Gasteiger partial charge in [0.2, 0.25) is 0 Å². The van der Waals surface area contributed by atoms with E-state index in [-0.39, 0.29) is 14.9 Å². The van der Waals surface area contributed by atoms with Crippen LogP contribution in [0.15, 0.2) is 72.4 Å². The number of allylic oxidation sites excluding steroid dienone is 11. The highest BCUT2D eigenvalue weighted by molar-refractivity contribution is 5.48. The van der Waals surface area contributed by atoms with Crippen molar-refractivity contribution in [1.82, 2.24) is 0 Å². The molecule has 0 aromatic carbocycles. The van der Waals surface area contributed by atoms with Gasteiger partial charge in [0, 0.05) is 0 Å². The lowest BCUT2D eigenvalue weighted by Crippen LogP contribution is -1.81. The van der Waals surface area contributed by atoms with Crippen molar-refractivity contribution in [3.8, 4) is 0 Å². The van der Waals surface area contributed by atoms with Crippen molar-refractivity contribution in [1.29, 1.82) is 0 Å². The van der Waals surface area contributed by atoms with Crippen LogP contribution in [0.5, 0.6) is 0 Å². The molecule has 0 saturated carbocycles. The maximum Gasteiger partial charge on any atom is -0.0188 e. The van der Waals surface area contributed by atoms with Gasteiger partial charge in [-0.2, -0.15) is 0 Å². The van der Waals surface area contributed by atoms with Crippen LogP contribution in [0, 0.1) is 0 Å². The molecule has 0 aromatic rings. The van der Waals surface area contributed by atoms with Crippen LogP contribution < -0.4 is 0 Å². The van der Waals surface area contributed by atoms with Crippen molar-refractivity contribution in [2.75, 3.05) is 0 Å². The Morgan fingerprint density at radius 2 is 1.05 bits per heavy atom. The Balaban J connectivity index is -0.000000130. The molecule has 21 heavy (non-hydrogen) atoms. The van der Waals surface area contributed by atoms with E-state index in [4.69, 9.17) is 0 Å². The van der Waals surface area contributed by atoms with Gasteiger partial charge in [-0.05, 0) is 31.9 Å². The lowest BCUT2D eigenvalue weighted by molar-refractivity contribution is 1.50. The summed E-state index contributed by atoms with van der Waals surface area (Å²) >= 11 is 0. The molecule has 0 fully saturated rings. The number of rotatable bonds is 5. The summed E-state index contributed by atoms with van der Waals surface area (Å²) in [5, 5.41) is 0. The van der Waals surface area contributed by atoms with Crippen molar-refractivity contribution in [3.63, 3.8) is 0 Å². The lowest BCUT2D eigenvalue weighted by atomic mass is 10.0. The molecule has 0 aliphatic heterocycles. The summed E-state index contributed by atoms with van der Waals surface area (Å²) in [6.45, 7) is 17.8. The minimum atomic E-state index is 0. The van der Waals surface area contributed by atoms with Crippen LogP contribution in [0.1, 0.15) is 63.3 Å². The van der Waals surface area contributed by atoms with Crippen LogP contribution in [0.4, 0.5) is 0 Å². The van der Waals surface area contributed by atoms with Crippen LogP contribution in [-0.4, -0.2) is 0 Å². The maximum absolute atomic E-state index is 3.82. The molecule has 0 heterocycles. The van der Waals surface area contributed by atoms with E-state index in [1.54, 1.807) is 0 Å². The standard InChI is InChI=1S/C15H20.2C2H6.2CH4/c1-5-9-12-14(8-4)15(11-7-3)13-10-6-2;2*1-2;;/h5-13H,4H2,1-3H3;2*1-2H3;2*1H4/b9-5-,10-6-,11-7-,14-12+,15-13+;;;;. The zero-order valence-corrected chi connectivity index (χ0v) is 13.9. The average Bonchev–Trinajstić information content (AvgIpc) is 2.49. The molecule has 124 valence electrons. The van der Waals surface area contributed by atoms with Crippen molar-refractivity contribution < 1.29 is 0 Å². The zero-order valence-electron chi connectivity index (χ0n) is 13.9. The van der Waals surface area contributed by atoms with Crippen molar-refractivity contribution in [3.05, 3.63) is 72.4 Å². The highest BCUT2D eigenvalue weighted by atomic mass is 14.0. The second-order valence-corrected chi connectivity index (χ2v) is 3.00. The Bertz CT molecular complexity index is 320. The van der Waals surface area contributed by atoms with Gasteiger partial charge in [0.05, 0.1) is 0 Å². The molecular formula is C21H40. The molecule has 0 radical (unpaired) electrons. The molecule has 0 amide bonds. The van der Waals surface area contributed by atoms with E-state index in [0.717, 1.165) is 5.57 Å². The molecule has 0 N–H and O–H groups in total. The SMILES string of the molecule is C.C.C=CC(=C\C=C/C)/C(/C=C\C)=C/C=C\C.CC.CC. The summed E-state index contributed by atoms with van der Waals surface area (Å²) in [5.74, 6) is 0. The summed E-state index contributed by atoms with van der Waals surface area (Å²) in [6.07, 6.45) is 18.2. The fourth-order valence-corrected chi connectivity index (χ4v) is 1.11. The summed E-state index contributed by atoms with van der Waals surface area (Å²) in [4.78, 5) is 0. The Hall–Kier alpha value is -1.56. The fourth-order valence-electron chi connectivity index (χ4n) is 1.11. The van der Waals surface area contributed by atoms with Gasteiger partial charge in [0.15, 0.2) is 0 Å². The minimum absolute atomic E-state index is 0. The van der Waals surface area contributed by atoms with E-state index < -0.39 is 0 Å². The van der Waals surface area contributed by atoms with Gasteiger partial charge in [0.25, 0.3) is 0 Å². The molecule has 0 unspecified atom stereocenters. The van der Waals surface area contributed by atoms with Gasteiger partial charge >= 0.3 is 0 Å². The van der Waals surface area contributed by atoms with E-state index in [9.17, 15) is 0 Å². The van der Waals surface area contributed by atoms with Crippen LogP contribution in [0.25, 0.3) is 0 Å². The van der Waals surface area contributed by atoms with E-state index in [2.05, 4.69) is 24.8 Å². The first-order chi connectivity index (χ1) is 9.29. The second kappa shape index (κ2) is 31.0. The van der Waals surface area contributed by atoms with Crippen LogP contribution >= 0.6 is 0 Å². The quantitative estimate of drug-likeness (QED) is 0.449. The van der Waals surface area contributed by atoms with Crippen molar-refractivity contribution >= 4 is 0 Å². The molecule has 0 atom stereocenters. The smallest absolute Gasteiger partial charge is 0.0188 e. The molecule has 0 aliphatic rings. The molecule has 0 bridgehead atoms. The van der Waals surface area contributed by atoms with Gasteiger partial charge in [-0.3, -0.25) is 0 Å². The van der Waals surface area contributed by atoms with Crippen LogP contribution in [-0.2, 0) is 0 Å². The third-order valence-electron chi connectivity index (χ3n) is 1.84. The van der Waals surface area contributed by atoms with E-state index in [1.165, 1.54) is 5.57 Å². The van der Waals surface area contributed by atoms with Crippen molar-refractivity contribution in [2.24, 2.45) is 0 Å². The third-order valence-corrected chi connectivity index (χ3v) is 1.84. The lowest BCUT2D eigenvalue weighted by Gasteiger charge is -2.01. The predicted octanol–water partition coefficient (Wildman–Crippen LogP) is 8.08. The van der Waals surface area contributed by atoms with Gasteiger partial charge in [-0.25, -0.2) is 0 Å². The topological polar surface area (TPSA) is 0 Å². The Morgan fingerprint density at radius 1 is 0.667 bits per heavy atom. The van der Waals surface area contributed by atoms with E-state index in [1.807, 2.05) is 84.9 Å². The number of hydrogen-bond acceptors (Lipinski definition) is 0. The summed E-state index contributed by atoms with van der Waals surface area (Å²) in [5.41, 5.74) is 2.30. The van der Waals surface area contributed by atoms with E-state index in [0.29, 0.717) is 0 Å². The Labute approximate surface area is 136 Å². The van der Waals surface area contributed by atoms with Gasteiger partial charge in [-0.1, -0.05) is 104 Å². The summed E-state index contributed by atoms with van der Waals surface area (Å²) in [7, 11) is 0. The zero-order chi connectivity index (χ0) is 15.5. The molecule has 0 aromatic heterocycles. The number of hydrogen-bond donors (Lipinski definition) is 0. The van der Waals surface area contributed by atoms with Gasteiger partial charge in [-0.15, -0.1) is 0 Å². The highest BCUT2D eigenvalue weighted by Gasteiger charge is 1.94. The molecule has 0 saturated heterocycles. The maximum atomic E-state index is 3.82. The minimum Gasteiger partial charge on any atom is -0.0984 e.